The van der Waals surface area contributed by atoms with E-state index in [1.807, 2.05) is 48.5 Å². The van der Waals surface area contributed by atoms with Crippen molar-refractivity contribution in [3.8, 4) is 23.0 Å². The van der Waals surface area contributed by atoms with Gasteiger partial charge in [-0.25, -0.2) is 4.98 Å². The van der Waals surface area contributed by atoms with Crippen LogP contribution < -0.4 is 4.74 Å². The first kappa shape index (κ1) is 15.3. The highest BCUT2D eigenvalue weighted by molar-refractivity contribution is 5.85. The fraction of sp³-hybridized carbons (Fsp3) is 0.0952. The largest absolute Gasteiger partial charge is 0.438 e. The number of benzene rings is 2. The number of aromatic nitrogens is 3. The van der Waals surface area contributed by atoms with Crippen LogP contribution in [0, 0.1) is 13.8 Å². The molecule has 122 valence electrons. The minimum atomic E-state index is 0.556. The molecule has 2 aromatic carbocycles. The van der Waals surface area contributed by atoms with E-state index in [2.05, 4.69) is 34.9 Å². The van der Waals surface area contributed by atoms with E-state index in [1.165, 1.54) is 11.1 Å². The molecule has 0 aliphatic rings. The minimum Gasteiger partial charge on any atom is -0.438 e. The molecule has 0 aliphatic heterocycles. The van der Waals surface area contributed by atoms with Gasteiger partial charge in [-0.2, -0.15) is 4.98 Å². The van der Waals surface area contributed by atoms with Crippen molar-refractivity contribution < 1.29 is 4.74 Å². The number of pyridine rings is 1. The van der Waals surface area contributed by atoms with Crippen molar-refractivity contribution in [3.05, 3.63) is 78.1 Å². The number of ether oxygens (including phenoxy) is 1. The van der Waals surface area contributed by atoms with Gasteiger partial charge in [0.05, 0.1) is 10.9 Å². The number of hydrogen-bond donors (Lipinski definition) is 0. The summed E-state index contributed by atoms with van der Waals surface area (Å²) in [6.45, 7) is 4.16. The molecule has 25 heavy (non-hydrogen) atoms. The third-order valence-electron chi connectivity index (χ3n) is 4.20. The van der Waals surface area contributed by atoms with Crippen LogP contribution in [0.1, 0.15) is 11.1 Å². The average molecular weight is 327 g/mol. The van der Waals surface area contributed by atoms with Crippen LogP contribution in [0.5, 0.6) is 11.6 Å². The van der Waals surface area contributed by atoms with E-state index in [-0.39, 0.29) is 0 Å². The molecule has 0 aliphatic carbocycles. The molecule has 0 atom stereocenters. The normalized spacial score (nSPS) is 10.8. The zero-order chi connectivity index (χ0) is 17.2. The van der Waals surface area contributed by atoms with Gasteiger partial charge in [-0.3, -0.25) is 4.98 Å². The van der Waals surface area contributed by atoms with E-state index in [4.69, 9.17) is 4.74 Å². The molecule has 4 heteroatoms. The molecular formula is C21H17N3O. The molecule has 0 saturated heterocycles. The van der Waals surface area contributed by atoms with E-state index in [0.717, 1.165) is 22.2 Å². The second kappa shape index (κ2) is 6.32. The zero-order valence-electron chi connectivity index (χ0n) is 14.1. The molecule has 4 nitrogen and oxygen atoms in total. The van der Waals surface area contributed by atoms with Crippen LogP contribution in [0.4, 0.5) is 0 Å². The maximum absolute atomic E-state index is 6.12. The van der Waals surface area contributed by atoms with E-state index >= 15 is 0 Å². The third-order valence-corrected chi connectivity index (χ3v) is 4.20. The van der Waals surface area contributed by atoms with Crippen molar-refractivity contribution >= 4 is 10.9 Å². The number of rotatable bonds is 3. The molecule has 0 fully saturated rings. The number of hydrogen-bond acceptors (Lipinski definition) is 4. The van der Waals surface area contributed by atoms with Gasteiger partial charge in [0.1, 0.15) is 5.75 Å². The highest BCUT2D eigenvalue weighted by Crippen LogP contribution is 2.30. The first-order chi connectivity index (χ1) is 12.2. The molecule has 0 radical (unpaired) electrons. The predicted molar refractivity (Wildman–Crippen MR) is 98.8 cm³/mol. The second-order valence-electron chi connectivity index (χ2n) is 5.95. The van der Waals surface area contributed by atoms with Gasteiger partial charge < -0.3 is 4.74 Å². The van der Waals surface area contributed by atoms with Crippen LogP contribution in [0.3, 0.4) is 0 Å². The summed E-state index contributed by atoms with van der Waals surface area (Å²) >= 11 is 0. The first-order valence-electron chi connectivity index (χ1n) is 8.13. The number of para-hydroxylation sites is 1. The zero-order valence-corrected chi connectivity index (χ0v) is 14.1. The second-order valence-corrected chi connectivity index (χ2v) is 5.95. The molecule has 0 unspecified atom stereocenters. The van der Waals surface area contributed by atoms with Crippen LogP contribution in [-0.4, -0.2) is 15.0 Å². The predicted octanol–water partition coefficient (Wildman–Crippen LogP) is 5.10. The van der Waals surface area contributed by atoms with Crippen LogP contribution >= 0.6 is 0 Å². The van der Waals surface area contributed by atoms with Crippen molar-refractivity contribution in [2.24, 2.45) is 0 Å². The molecule has 2 aromatic heterocycles. The quantitative estimate of drug-likeness (QED) is 0.525. The van der Waals surface area contributed by atoms with Crippen molar-refractivity contribution in [1.29, 1.82) is 0 Å². The topological polar surface area (TPSA) is 47.9 Å². The lowest BCUT2D eigenvalue weighted by Gasteiger charge is -2.11. The van der Waals surface area contributed by atoms with Crippen molar-refractivity contribution in [2.45, 2.75) is 13.8 Å². The number of fused-ring (bicyclic) bond motifs is 1. The van der Waals surface area contributed by atoms with Gasteiger partial charge in [0.2, 0.25) is 5.88 Å². The van der Waals surface area contributed by atoms with Gasteiger partial charge in [-0.05, 0) is 61.4 Å². The standard InChI is InChI=1S/C21H17N3O/c1-14-7-8-17(13-15(14)2)25-21-18-5-3-4-6-19(18)23-20(24-21)16-9-11-22-12-10-16/h3-13H,1-2H3. The molecule has 0 saturated carbocycles. The molecule has 4 aromatic rings. The van der Waals surface area contributed by atoms with Crippen molar-refractivity contribution in [1.82, 2.24) is 15.0 Å². The molecule has 0 N–H and O–H groups in total. The summed E-state index contributed by atoms with van der Waals surface area (Å²) in [5, 5.41) is 0.888. The molecule has 4 rings (SSSR count). The van der Waals surface area contributed by atoms with Gasteiger partial charge in [-0.1, -0.05) is 18.2 Å². The highest BCUT2D eigenvalue weighted by atomic mass is 16.5. The van der Waals surface area contributed by atoms with Gasteiger partial charge in [-0.15, -0.1) is 0 Å². The van der Waals surface area contributed by atoms with E-state index in [0.29, 0.717) is 11.7 Å². The van der Waals surface area contributed by atoms with E-state index in [9.17, 15) is 0 Å². The number of nitrogens with zero attached hydrogens (tertiary/aromatic N) is 3. The maximum atomic E-state index is 6.12. The van der Waals surface area contributed by atoms with Gasteiger partial charge in [0.15, 0.2) is 5.82 Å². The summed E-state index contributed by atoms with van der Waals surface area (Å²) in [5.74, 6) is 1.95. The Kier molecular flexibility index (Phi) is 3.86. The molecular weight excluding hydrogens is 310 g/mol. The summed E-state index contributed by atoms with van der Waals surface area (Å²) in [5.41, 5.74) is 4.18. The molecule has 0 bridgehead atoms. The lowest BCUT2D eigenvalue weighted by atomic mass is 10.1. The summed E-state index contributed by atoms with van der Waals surface area (Å²) < 4.78 is 6.12. The monoisotopic (exact) mass is 327 g/mol. The number of aryl methyl sites for hydroxylation is 2. The summed E-state index contributed by atoms with van der Waals surface area (Å²) in [6.07, 6.45) is 3.47. The Morgan fingerprint density at radius 3 is 2.40 bits per heavy atom. The fourth-order valence-corrected chi connectivity index (χ4v) is 2.64. The summed E-state index contributed by atoms with van der Waals surface area (Å²) in [4.78, 5) is 13.4. The Hall–Kier alpha value is -3.27. The minimum absolute atomic E-state index is 0.556. The van der Waals surface area contributed by atoms with Crippen molar-refractivity contribution in [2.75, 3.05) is 0 Å². The smallest absolute Gasteiger partial charge is 0.230 e. The lowest BCUT2D eigenvalue weighted by molar-refractivity contribution is 0.468. The van der Waals surface area contributed by atoms with E-state index < -0.39 is 0 Å². The van der Waals surface area contributed by atoms with Gasteiger partial charge >= 0.3 is 0 Å². The Bertz CT molecular complexity index is 1050. The average Bonchev–Trinajstić information content (AvgIpc) is 2.65. The Morgan fingerprint density at radius 1 is 0.800 bits per heavy atom. The lowest BCUT2D eigenvalue weighted by Crippen LogP contribution is -1.96. The SMILES string of the molecule is Cc1ccc(Oc2nc(-c3ccncc3)nc3ccccc23)cc1C. The van der Waals surface area contributed by atoms with Crippen molar-refractivity contribution in [3.63, 3.8) is 0 Å². The Balaban J connectivity index is 1.85. The van der Waals surface area contributed by atoms with Crippen LogP contribution in [0.2, 0.25) is 0 Å². The van der Waals surface area contributed by atoms with Crippen LogP contribution in [0.15, 0.2) is 67.0 Å². The van der Waals surface area contributed by atoms with Crippen LogP contribution in [-0.2, 0) is 0 Å². The molecule has 0 spiro atoms. The summed E-state index contributed by atoms with van der Waals surface area (Å²) in [7, 11) is 0. The third kappa shape index (κ3) is 3.06. The summed E-state index contributed by atoms with van der Waals surface area (Å²) in [6, 6.07) is 17.7. The first-order valence-corrected chi connectivity index (χ1v) is 8.13. The van der Waals surface area contributed by atoms with Crippen LogP contribution in [0.25, 0.3) is 22.3 Å². The molecule has 0 amide bonds. The van der Waals surface area contributed by atoms with Gasteiger partial charge in [0.25, 0.3) is 0 Å². The fourth-order valence-electron chi connectivity index (χ4n) is 2.64. The van der Waals surface area contributed by atoms with E-state index in [1.54, 1.807) is 12.4 Å². The Morgan fingerprint density at radius 2 is 1.60 bits per heavy atom. The molecule has 2 heterocycles. The van der Waals surface area contributed by atoms with Gasteiger partial charge in [0, 0.05) is 18.0 Å². The highest BCUT2D eigenvalue weighted by Gasteiger charge is 2.11. The Labute approximate surface area is 146 Å². The maximum Gasteiger partial charge on any atom is 0.230 e.